The first-order chi connectivity index (χ1) is 19.2. The van der Waals surface area contributed by atoms with Crippen LogP contribution in [0.15, 0.2) is 140 Å². The van der Waals surface area contributed by atoms with Gasteiger partial charge in [-0.3, -0.25) is 4.40 Å². The Morgan fingerprint density at radius 1 is 0.487 bits per heavy atom. The zero-order valence-electron chi connectivity index (χ0n) is 21.0. The average Bonchev–Trinajstić information content (AvgIpc) is 3.40. The summed E-state index contributed by atoms with van der Waals surface area (Å²) in [7, 11) is 0. The summed E-state index contributed by atoms with van der Waals surface area (Å²) in [6.45, 7) is 0. The highest BCUT2D eigenvalue weighted by Crippen LogP contribution is 2.44. The number of fused-ring (bicyclic) bond motifs is 9. The van der Waals surface area contributed by atoms with Gasteiger partial charge in [0.15, 0.2) is 0 Å². The van der Waals surface area contributed by atoms with Crippen molar-refractivity contribution in [3.8, 4) is 0 Å². The average molecular weight is 535 g/mol. The van der Waals surface area contributed by atoms with Crippen molar-refractivity contribution in [3.63, 3.8) is 0 Å². The molecule has 0 bridgehead atoms. The molecule has 2 aromatic heterocycles. The number of imidazole rings is 1. The third kappa shape index (κ3) is 3.34. The molecule has 0 N–H and O–H groups in total. The maximum Gasteiger partial charge on any atom is 0.146 e. The van der Waals surface area contributed by atoms with Gasteiger partial charge < -0.3 is 0 Å². The minimum Gasteiger partial charge on any atom is -0.292 e. The van der Waals surface area contributed by atoms with Crippen LogP contribution in [0.25, 0.3) is 49.1 Å². The molecular formula is C35H23N2PS. The van der Waals surface area contributed by atoms with Gasteiger partial charge in [-0.15, -0.1) is 0 Å². The van der Waals surface area contributed by atoms with E-state index in [0.29, 0.717) is 0 Å². The fourth-order valence-electron chi connectivity index (χ4n) is 5.95. The first kappa shape index (κ1) is 22.7. The van der Waals surface area contributed by atoms with Crippen molar-refractivity contribution < 1.29 is 0 Å². The largest absolute Gasteiger partial charge is 0.292 e. The highest BCUT2D eigenvalue weighted by Gasteiger charge is 2.26. The molecule has 0 spiro atoms. The highest BCUT2D eigenvalue weighted by atomic mass is 32.4. The molecular weight excluding hydrogens is 511 g/mol. The van der Waals surface area contributed by atoms with Gasteiger partial charge in [0, 0.05) is 16.8 Å². The first-order valence-electron chi connectivity index (χ1n) is 13.1. The molecule has 0 saturated heterocycles. The van der Waals surface area contributed by atoms with E-state index in [0.717, 1.165) is 27.6 Å². The molecule has 0 aliphatic rings. The van der Waals surface area contributed by atoms with Crippen LogP contribution in [-0.2, 0) is 11.8 Å². The Hall–Kier alpha value is -4.30. The summed E-state index contributed by atoms with van der Waals surface area (Å²) >= 11 is 6.67. The van der Waals surface area contributed by atoms with Crippen LogP contribution in [0.1, 0.15) is 0 Å². The summed E-state index contributed by atoms with van der Waals surface area (Å²) in [5, 5.41) is 9.64. The molecule has 0 saturated carbocycles. The smallest absolute Gasteiger partial charge is 0.146 e. The Kier molecular flexibility index (Phi) is 5.00. The van der Waals surface area contributed by atoms with Crippen LogP contribution in [-0.4, -0.2) is 9.38 Å². The Balaban J connectivity index is 1.51. The van der Waals surface area contributed by atoms with E-state index < -0.39 is 6.04 Å². The van der Waals surface area contributed by atoms with Crippen LogP contribution in [0.4, 0.5) is 0 Å². The lowest BCUT2D eigenvalue weighted by atomic mass is 10.0. The van der Waals surface area contributed by atoms with Gasteiger partial charge in [0.2, 0.25) is 0 Å². The van der Waals surface area contributed by atoms with Crippen LogP contribution in [0.3, 0.4) is 0 Å². The molecule has 0 amide bonds. The fraction of sp³-hybridized carbons (Fsp3) is 0. The van der Waals surface area contributed by atoms with Gasteiger partial charge >= 0.3 is 0 Å². The SMILES string of the molecule is S=P(c1ccccc1)(c1ccccc1)c1ccc2nc3c4cc5ccccc5cc4c4ccccc4n3c2c1. The van der Waals surface area contributed by atoms with Crippen LogP contribution in [0.2, 0.25) is 0 Å². The summed E-state index contributed by atoms with van der Waals surface area (Å²) in [5.74, 6) is 0. The standard InChI is InChI=1S/C35H23N2PS/c39-38(26-13-3-1-4-14-26,27-15-5-2-6-16-27)28-19-20-32-34(23-28)37-33-18-10-9-17-29(33)30-21-24-11-7-8-12-25(24)22-31(30)35(37)36-32/h1-23H. The van der Waals surface area contributed by atoms with Crippen molar-refractivity contribution in [2.75, 3.05) is 0 Å². The van der Waals surface area contributed by atoms with E-state index in [2.05, 4.69) is 144 Å². The maximum atomic E-state index is 6.67. The second-order valence-electron chi connectivity index (χ2n) is 9.99. The molecule has 2 heterocycles. The molecule has 0 aliphatic heterocycles. The van der Waals surface area contributed by atoms with E-state index in [1.165, 1.54) is 37.5 Å². The molecule has 39 heavy (non-hydrogen) atoms. The van der Waals surface area contributed by atoms with Gasteiger partial charge in [0.05, 0.1) is 16.6 Å². The van der Waals surface area contributed by atoms with Gasteiger partial charge in [0.25, 0.3) is 0 Å². The maximum absolute atomic E-state index is 6.67. The Labute approximate surface area is 231 Å². The van der Waals surface area contributed by atoms with Crippen LogP contribution >= 0.6 is 6.04 Å². The van der Waals surface area contributed by atoms with Gasteiger partial charge in [-0.05, 0) is 62.4 Å². The molecule has 0 radical (unpaired) electrons. The van der Waals surface area contributed by atoms with Gasteiger partial charge in [-0.1, -0.05) is 121 Å². The Bertz CT molecular complexity index is 2210. The minimum absolute atomic E-state index is 0.979. The molecule has 8 rings (SSSR count). The van der Waals surface area contributed by atoms with Crippen molar-refractivity contribution in [1.82, 2.24) is 9.38 Å². The Morgan fingerprint density at radius 2 is 1.08 bits per heavy atom. The van der Waals surface area contributed by atoms with E-state index in [-0.39, 0.29) is 0 Å². The fourth-order valence-corrected chi connectivity index (χ4v) is 9.69. The molecule has 8 aromatic rings. The number of aromatic nitrogens is 2. The van der Waals surface area contributed by atoms with Crippen molar-refractivity contribution in [2.45, 2.75) is 0 Å². The summed E-state index contributed by atoms with van der Waals surface area (Å²) in [5.41, 5.74) is 4.21. The Morgan fingerprint density at radius 3 is 1.77 bits per heavy atom. The third-order valence-electron chi connectivity index (χ3n) is 7.80. The normalized spacial score (nSPS) is 12.2. The summed E-state index contributed by atoms with van der Waals surface area (Å²) in [6.07, 6.45) is 0. The predicted octanol–water partition coefficient (Wildman–Crippen LogP) is 7.70. The van der Waals surface area contributed by atoms with Gasteiger partial charge in [-0.2, -0.15) is 0 Å². The van der Waals surface area contributed by atoms with Gasteiger partial charge in [0.1, 0.15) is 5.65 Å². The highest BCUT2D eigenvalue weighted by molar-refractivity contribution is 8.25. The monoisotopic (exact) mass is 534 g/mol. The van der Waals surface area contributed by atoms with Crippen molar-refractivity contribution in [2.24, 2.45) is 0 Å². The van der Waals surface area contributed by atoms with E-state index >= 15 is 0 Å². The first-order valence-corrected chi connectivity index (χ1v) is 15.9. The molecule has 184 valence electrons. The number of pyridine rings is 1. The lowest BCUT2D eigenvalue weighted by Crippen LogP contribution is -2.24. The lowest BCUT2D eigenvalue weighted by molar-refractivity contribution is 1.32. The second-order valence-corrected chi connectivity index (χ2v) is 14.4. The zero-order chi connectivity index (χ0) is 26.0. The van der Waals surface area contributed by atoms with Crippen molar-refractivity contribution in [3.05, 3.63) is 140 Å². The number of hydrogen-bond donors (Lipinski definition) is 0. The molecule has 4 heteroatoms. The van der Waals surface area contributed by atoms with E-state index in [1.54, 1.807) is 0 Å². The van der Waals surface area contributed by atoms with Crippen LogP contribution < -0.4 is 15.9 Å². The zero-order valence-corrected chi connectivity index (χ0v) is 22.7. The number of benzene rings is 6. The number of hydrogen-bond acceptors (Lipinski definition) is 2. The number of rotatable bonds is 3. The second kappa shape index (κ2) is 8.61. The van der Waals surface area contributed by atoms with Gasteiger partial charge in [-0.25, -0.2) is 4.98 Å². The number of para-hydroxylation sites is 1. The summed E-state index contributed by atoms with van der Waals surface area (Å²) < 4.78 is 2.33. The molecule has 0 aliphatic carbocycles. The van der Waals surface area contributed by atoms with E-state index in [9.17, 15) is 0 Å². The molecule has 0 atom stereocenters. The van der Waals surface area contributed by atoms with Crippen LogP contribution in [0, 0.1) is 0 Å². The lowest BCUT2D eigenvalue weighted by Gasteiger charge is -2.24. The predicted molar refractivity (Wildman–Crippen MR) is 171 cm³/mol. The van der Waals surface area contributed by atoms with E-state index in [4.69, 9.17) is 16.8 Å². The van der Waals surface area contributed by atoms with Crippen molar-refractivity contribution >= 4 is 82.9 Å². The molecule has 6 aromatic carbocycles. The minimum atomic E-state index is -2.28. The third-order valence-corrected chi connectivity index (χ3v) is 12.8. The topological polar surface area (TPSA) is 17.3 Å². The van der Waals surface area contributed by atoms with Crippen molar-refractivity contribution in [1.29, 1.82) is 0 Å². The molecule has 0 unspecified atom stereocenters. The molecule has 0 fully saturated rings. The summed E-state index contributed by atoms with van der Waals surface area (Å²) in [6, 6.07) is 47.4. The quantitative estimate of drug-likeness (QED) is 0.131. The molecule has 2 nitrogen and oxygen atoms in total. The number of nitrogens with zero attached hydrogens (tertiary/aromatic N) is 2. The van der Waals surface area contributed by atoms with Crippen LogP contribution in [0.5, 0.6) is 0 Å². The van der Waals surface area contributed by atoms with E-state index in [1.807, 2.05) is 0 Å². The summed E-state index contributed by atoms with van der Waals surface area (Å²) in [4.78, 5) is 5.21.